The van der Waals surface area contributed by atoms with E-state index < -0.39 is 0 Å². The molecule has 0 amide bonds. The van der Waals surface area contributed by atoms with Crippen LogP contribution in [0.5, 0.6) is 0 Å². The highest BCUT2D eigenvalue weighted by molar-refractivity contribution is 6.32. The molecule has 0 unspecified atom stereocenters. The number of allylic oxidation sites excluding steroid dienone is 1. The smallest absolute Gasteiger partial charge is 0.0626 e. The van der Waals surface area contributed by atoms with Crippen molar-refractivity contribution in [3.8, 4) is 16.8 Å². The van der Waals surface area contributed by atoms with E-state index in [4.69, 9.17) is 0 Å². The molecule has 0 N–H and O–H groups in total. The average molecular weight is 526 g/mol. The van der Waals surface area contributed by atoms with Crippen LogP contribution in [0.4, 0.5) is 0 Å². The zero-order valence-electron chi connectivity index (χ0n) is 23.7. The van der Waals surface area contributed by atoms with Crippen LogP contribution in [0.1, 0.15) is 43.0 Å². The highest BCUT2D eigenvalue weighted by atomic mass is 15.0. The molecule has 0 aliphatic heterocycles. The molecule has 1 aliphatic carbocycles. The summed E-state index contributed by atoms with van der Waals surface area (Å²) in [5, 5.41) is 7.68. The Morgan fingerprint density at radius 3 is 2.05 bits per heavy atom. The van der Waals surface area contributed by atoms with Gasteiger partial charge in [0.25, 0.3) is 0 Å². The molecule has 0 fully saturated rings. The lowest BCUT2D eigenvalue weighted by atomic mass is 9.82. The molecule has 1 heterocycles. The lowest BCUT2D eigenvalue weighted by Crippen LogP contribution is -2.15. The summed E-state index contributed by atoms with van der Waals surface area (Å²) >= 11 is 0. The van der Waals surface area contributed by atoms with E-state index in [2.05, 4.69) is 147 Å². The molecule has 0 atom stereocenters. The molecule has 0 saturated heterocycles. The first-order valence-corrected chi connectivity index (χ1v) is 14.4. The summed E-state index contributed by atoms with van der Waals surface area (Å²) < 4.78 is 2.52. The maximum atomic E-state index is 4.31. The second-order valence-electron chi connectivity index (χ2n) is 11.7. The van der Waals surface area contributed by atoms with E-state index in [1.54, 1.807) is 0 Å². The molecule has 7 aromatic rings. The largest absolute Gasteiger partial charge is 0.308 e. The van der Waals surface area contributed by atoms with Crippen molar-refractivity contribution in [2.75, 3.05) is 0 Å². The fourth-order valence-corrected chi connectivity index (χ4v) is 7.43. The standard InChI is InChI=1S/C40H31N/c1-5-13-25-20-22-34-37-32-17-9-7-14-28(32)29-15-8-10-18-33(29)39(37)41(38(34)27(25)6-2)26-21-23-31-30-16-11-12-19-35(30)40(3,4)36(31)24-26/h5-24H,2H2,1,3-4H3/b13-5-. The summed E-state index contributed by atoms with van der Waals surface area (Å²) in [4.78, 5) is 0. The number of aromatic nitrogens is 1. The summed E-state index contributed by atoms with van der Waals surface area (Å²) in [6.45, 7) is 11.1. The molecule has 196 valence electrons. The SMILES string of the molecule is C=Cc1c(/C=C\C)ccc2c3c4ccccc4c4ccccc4c3n(-c3ccc4c(c3)C(C)(C)c3ccccc3-4)c12. The number of hydrogen-bond acceptors (Lipinski definition) is 0. The van der Waals surface area contributed by atoms with Gasteiger partial charge in [-0.05, 0) is 63.0 Å². The number of fused-ring (bicyclic) bond motifs is 11. The van der Waals surface area contributed by atoms with Crippen LogP contribution < -0.4 is 0 Å². The first-order valence-electron chi connectivity index (χ1n) is 14.4. The Hall–Kier alpha value is -4.88. The van der Waals surface area contributed by atoms with Crippen LogP contribution in [-0.4, -0.2) is 4.57 Å². The van der Waals surface area contributed by atoms with Crippen LogP contribution >= 0.6 is 0 Å². The Balaban J connectivity index is 1.61. The third-order valence-corrected chi connectivity index (χ3v) is 9.25. The van der Waals surface area contributed by atoms with E-state index >= 15 is 0 Å². The predicted octanol–water partition coefficient (Wildman–Crippen LogP) is 11.1. The Labute approximate surface area is 240 Å². The molecule has 1 heteroatoms. The van der Waals surface area contributed by atoms with Gasteiger partial charge in [-0.1, -0.05) is 130 Å². The zero-order chi connectivity index (χ0) is 27.9. The first-order chi connectivity index (χ1) is 20.0. The summed E-state index contributed by atoms with van der Waals surface area (Å²) in [6.07, 6.45) is 6.34. The minimum atomic E-state index is -0.0766. The molecule has 1 nitrogen and oxygen atoms in total. The number of hydrogen-bond donors (Lipinski definition) is 0. The van der Waals surface area contributed by atoms with Crippen molar-refractivity contribution in [1.29, 1.82) is 0 Å². The maximum Gasteiger partial charge on any atom is 0.0626 e. The van der Waals surface area contributed by atoms with Crippen molar-refractivity contribution in [1.82, 2.24) is 4.57 Å². The fourth-order valence-electron chi connectivity index (χ4n) is 7.43. The highest BCUT2D eigenvalue weighted by Crippen LogP contribution is 2.50. The van der Waals surface area contributed by atoms with Gasteiger partial charge in [-0.25, -0.2) is 0 Å². The topological polar surface area (TPSA) is 4.93 Å². The number of benzene rings is 6. The molecule has 8 rings (SSSR count). The highest BCUT2D eigenvalue weighted by Gasteiger charge is 2.35. The van der Waals surface area contributed by atoms with E-state index in [9.17, 15) is 0 Å². The van der Waals surface area contributed by atoms with Crippen molar-refractivity contribution >= 4 is 55.5 Å². The Morgan fingerprint density at radius 1 is 0.634 bits per heavy atom. The maximum absolute atomic E-state index is 4.31. The van der Waals surface area contributed by atoms with E-state index in [1.165, 1.54) is 76.9 Å². The molecule has 0 radical (unpaired) electrons. The van der Waals surface area contributed by atoms with Crippen molar-refractivity contribution in [2.24, 2.45) is 0 Å². The average Bonchev–Trinajstić information content (AvgIpc) is 3.47. The molecule has 6 aromatic carbocycles. The van der Waals surface area contributed by atoms with Crippen LogP contribution in [0.15, 0.2) is 116 Å². The normalized spacial score (nSPS) is 13.9. The van der Waals surface area contributed by atoms with Gasteiger partial charge in [0.1, 0.15) is 0 Å². The van der Waals surface area contributed by atoms with Crippen LogP contribution in [0.3, 0.4) is 0 Å². The predicted molar refractivity (Wildman–Crippen MR) is 178 cm³/mol. The first kappa shape index (κ1) is 24.0. The Morgan fingerprint density at radius 2 is 1.29 bits per heavy atom. The molecule has 0 spiro atoms. The summed E-state index contributed by atoms with van der Waals surface area (Å²) in [6, 6.07) is 38.2. The number of nitrogens with zero attached hydrogens (tertiary/aromatic N) is 1. The second-order valence-corrected chi connectivity index (χ2v) is 11.7. The fraction of sp³-hybridized carbons (Fsp3) is 0.100. The minimum Gasteiger partial charge on any atom is -0.308 e. The minimum absolute atomic E-state index is 0.0766. The third-order valence-electron chi connectivity index (χ3n) is 9.25. The van der Waals surface area contributed by atoms with E-state index in [1.807, 2.05) is 6.08 Å². The van der Waals surface area contributed by atoms with Crippen LogP contribution in [-0.2, 0) is 5.41 Å². The number of rotatable bonds is 3. The van der Waals surface area contributed by atoms with Gasteiger partial charge in [0.15, 0.2) is 0 Å². The second kappa shape index (κ2) is 8.56. The Bertz CT molecular complexity index is 2250. The van der Waals surface area contributed by atoms with Gasteiger partial charge in [0.05, 0.1) is 11.0 Å². The van der Waals surface area contributed by atoms with E-state index in [0.717, 1.165) is 5.56 Å². The molecule has 0 bridgehead atoms. The quantitative estimate of drug-likeness (QED) is 0.202. The van der Waals surface area contributed by atoms with Gasteiger partial charge in [-0.3, -0.25) is 0 Å². The van der Waals surface area contributed by atoms with Gasteiger partial charge in [0, 0.05) is 32.8 Å². The summed E-state index contributed by atoms with van der Waals surface area (Å²) in [5.41, 5.74) is 11.4. The molecule has 1 aromatic heterocycles. The molecule has 0 saturated carbocycles. The van der Waals surface area contributed by atoms with Crippen molar-refractivity contribution < 1.29 is 0 Å². The molecule has 1 aliphatic rings. The van der Waals surface area contributed by atoms with Gasteiger partial charge < -0.3 is 4.57 Å². The van der Waals surface area contributed by atoms with E-state index in [-0.39, 0.29) is 5.41 Å². The summed E-state index contributed by atoms with van der Waals surface area (Å²) in [5.74, 6) is 0. The van der Waals surface area contributed by atoms with Gasteiger partial charge >= 0.3 is 0 Å². The molecular formula is C40H31N. The zero-order valence-corrected chi connectivity index (χ0v) is 23.7. The van der Waals surface area contributed by atoms with Crippen LogP contribution in [0, 0.1) is 0 Å². The lowest BCUT2D eigenvalue weighted by molar-refractivity contribution is 0.660. The monoisotopic (exact) mass is 525 g/mol. The van der Waals surface area contributed by atoms with Gasteiger partial charge in [-0.2, -0.15) is 0 Å². The molecule has 41 heavy (non-hydrogen) atoms. The van der Waals surface area contributed by atoms with Crippen molar-refractivity contribution in [3.05, 3.63) is 138 Å². The summed E-state index contributed by atoms with van der Waals surface area (Å²) in [7, 11) is 0. The Kier molecular flexibility index (Phi) is 5.00. The van der Waals surface area contributed by atoms with Crippen molar-refractivity contribution in [3.63, 3.8) is 0 Å². The molecular weight excluding hydrogens is 494 g/mol. The van der Waals surface area contributed by atoms with Gasteiger partial charge in [0.2, 0.25) is 0 Å². The van der Waals surface area contributed by atoms with Crippen LogP contribution in [0.2, 0.25) is 0 Å². The van der Waals surface area contributed by atoms with E-state index in [0.29, 0.717) is 0 Å². The van der Waals surface area contributed by atoms with Crippen LogP contribution in [0.25, 0.3) is 72.3 Å². The third kappa shape index (κ3) is 3.12. The van der Waals surface area contributed by atoms with Crippen molar-refractivity contribution in [2.45, 2.75) is 26.2 Å². The lowest BCUT2D eigenvalue weighted by Gasteiger charge is -2.22. The van der Waals surface area contributed by atoms with Gasteiger partial charge in [-0.15, -0.1) is 0 Å².